The average Bonchev–Trinajstić information content (AvgIpc) is 2.43. The van der Waals surface area contributed by atoms with Gasteiger partial charge in [-0.1, -0.05) is 0 Å². The van der Waals surface area contributed by atoms with Gasteiger partial charge in [0, 0.05) is 35.9 Å². The lowest BCUT2D eigenvalue weighted by molar-refractivity contribution is 0.0634. The SMILES string of the molecule is Cc1c(N)cc(C(=O)N2CCCC(N(C)C)C2)cc1F. The van der Waals surface area contributed by atoms with Gasteiger partial charge in [-0.2, -0.15) is 0 Å². The number of rotatable bonds is 2. The Labute approximate surface area is 119 Å². The summed E-state index contributed by atoms with van der Waals surface area (Å²) in [6.07, 6.45) is 2.06. The third kappa shape index (κ3) is 2.93. The van der Waals surface area contributed by atoms with E-state index in [0.717, 1.165) is 19.4 Å². The molecule has 110 valence electrons. The van der Waals surface area contributed by atoms with E-state index >= 15 is 0 Å². The fourth-order valence-corrected chi connectivity index (χ4v) is 2.57. The number of carbonyl (C=O) groups is 1. The first kappa shape index (κ1) is 14.8. The number of nitrogens with two attached hydrogens (primary N) is 1. The van der Waals surface area contributed by atoms with Crippen LogP contribution in [0.25, 0.3) is 0 Å². The van der Waals surface area contributed by atoms with E-state index in [1.165, 1.54) is 6.07 Å². The summed E-state index contributed by atoms with van der Waals surface area (Å²) in [5, 5.41) is 0. The molecule has 1 heterocycles. The van der Waals surface area contributed by atoms with Gasteiger partial charge in [0.05, 0.1) is 0 Å². The predicted molar refractivity (Wildman–Crippen MR) is 78.2 cm³/mol. The Hall–Kier alpha value is -1.62. The fourth-order valence-electron chi connectivity index (χ4n) is 2.57. The molecule has 2 rings (SSSR count). The van der Waals surface area contributed by atoms with Crippen LogP contribution in [0.1, 0.15) is 28.8 Å². The number of halogens is 1. The van der Waals surface area contributed by atoms with Crippen LogP contribution < -0.4 is 5.73 Å². The molecule has 1 aliphatic heterocycles. The number of anilines is 1. The van der Waals surface area contributed by atoms with Crippen LogP contribution in [0.4, 0.5) is 10.1 Å². The smallest absolute Gasteiger partial charge is 0.254 e. The Morgan fingerprint density at radius 3 is 2.75 bits per heavy atom. The summed E-state index contributed by atoms with van der Waals surface area (Å²) in [6.45, 7) is 3.02. The minimum Gasteiger partial charge on any atom is -0.398 e. The highest BCUT2D eigenvalue weighted by Gasteiger charge is 2.26. The molecule has 0 spiro atoms. The molecule has 1 aliphatic rings. The van der Waals surface area contributed by atoms with Gasteiger partial charge in [0.15, 0.2) is 0 Å². The maximum absolute atomic E-state index is 13.7. The number of likely N-dealkylation sites (N-methyl/N-ethyl adjacent to an activating group) is 1. The molecule has 1 atom stereocenters. The van der Waals surface area contributed by atoms with Crippen molar-refractivity contribution in [3.05, 3.63) is 29.1 Å². The van der Waals surface area contributed by atoms with Gasteiger partial charge in [-0.3, -0.25) is 4.79 Å². The average molecular weight is 279 g/mol. The summed E-state index contributed by atoms with van der Waals surface area (Å²) in [7, 11) is 4.03. The molecule has 1 unspecified atom stereocenters. The lowest BCUT2D eigenvalue weighted by Gasteiger charge is -2.36. The van der Waals surface area contributed by atoms with E-state index in [0.29, 0.717) is 29.4 Å². The molecule has 0 aromatic heterocycles. The summed E-state index contributed by atoms with van der Waals surface area (Å²) in [5.74, 6) is -0.559. The topological polar surface area (TPSA) is 49.6 Å². The number of carbonyl (C=O) groups excluding carboxylic acids is 1. The van der Waals surface area contributed by atoms with Crippen LogP contribution >= 0.6 is 0 Å². The standard InChI is InChI=1S/C15H22FN3O/c1-10-13(16)7-11(8-14(10)17)15(20)19-6-4-5-12(9-19)18(2)3/h7-8,12H,4-6,9,17H2,1-3H3. The zero-order valence-corrected chi connectivity index (χ0v) is 12.3. The van der Waals surface area contributed by atoms with Crippen molar-refractivity contribution < 1.29 is 9.18 Å². The van der Waals surface area contributed by atoms with Gasteiger partial charge in [0.25, 0.3) is 5.91 Å². The molecule has 1 aromatic carbocycles. The molecule has 4 nitrogen and oxygen atoms in total. The number of benzene rings is 1. The quantitative estimate of drug-likeness (QED) is 0.841. The summed E-state index contributed by atoms with van der Waals surface area (Å²) < 4.78 is 13.7. The second-order valence-corrected chi connectivity index (χ2v) is 5.68. The van der Waals surface area contributed by atoms with Crippen LogP contribution in [0.3, 0.4) is 0 Å². The zero-order valence-electron chi connectivity index (χ0n) is 12.3. The van der Waals surface area contributed by atoms with Crippen LogP contribution in [0, 0.1) is 12.7 Å². The fraction of sp³-hybridized carbons (Fsp3) is 0.533. The Balaban J connectivity index is 2.19. The van der Waals surface area contributed by atoms with E-state index in [1.54, 1.807) is 17.9 Å². The zero-order chi connectivity index (χ0) is 14.9. The van der Waals surface area contributed by atoms with Gasteiger partial charge in [-0.25, -0.2) is 4.39 Å². The second kappa shape index (κ2) is 5.79. The van der Waals surface area contributed by atoms with E-state index in [1.807, 2.05) is 14.1 Å². The van der Waals surface area contributed by atoms with Crippen molar-refractivity contribution in [1.82, 2.24) is 9.80 Å². The van der Waals surface area contributed by atoms with E-state index in [4.69, 9.17) is 5.73 Å². The van der Waals surface area contributed by atoms with Crippen LogP contribution in [0.2, 0.25) is 0 Å². The van der Waals surface area contributed by atoms with Gasteiger partial charge in [0.2, 0.25) is 0 Å². The third-order valence-electron chi connectivity index (χ3n) is 4.05. The van der Waals surface area contributed by atoms with Crippen LogP contribution in [0.5, 0.6) is 0 Å². The normalized spacial score (nSPS) is 19.4. The molecule has 1 saturated heterocycles. The number of piperidine rings is 1. The van der Waals surface area contributed by atoms with Crippen molar-refractivity contribution in [3.8, 4) is 0 Å². The number of hydrogen-bond donors (Lipinski definition) is 1. The molecule has 1 aromatic rings. The van der Waals surface area contributed by atoms with E-state index < -0.39 is 5.82 Å². The molecule has 5 heteroatoms. The summed E-state index contributed by atoms with van der Waals surface area (Å²) >= 11 is 0. The van der Waals surface area contributed by atoms with Crippen LogP contribution in [0.15, 0.2) is 12.1 Å². The number of nitrogen functional groups attached to an aromatic ring is 1. The Morgan fingerprint density at radius 2 is 2.15 bits per heavy atom. The van der Waals surface area contributed by atoms with Gasteiger partial charge < -0.3 is 15.5 Å². The van der Waals surface area contributed by atoms with Gasteiger partial charge >= 0.3 is 0 Å². The molecule has 2 N–H and O–H groups in total. The Kier molecular flexibility index (Phi) is 4.28. The van der Waals surface area contributed by atoms with Crippen LogP contribution in [-0.2, 0) is 0 Å². The minimum atomic E-state index is -0.422. The van der Waals surface area contributed by atoms with E-state index in [2.05, 4.69) is 4.90 Å². The first-order valence-corrected chi connectivity index (χ1v) is 6.91. The first-order valence-electron chi connectivity index (χ1n) is 6.91. The summed E-state index contributed by atoms with van der Waals surface area (Å²) in [6, 6.07) is 3.22. The van der Waals surface area contributed by atoms with Gasteiger partial charge in [-0.15, -0.1) is 0 Å². The third-order valence-corrected chi connectivity index (χ3v) is 4.05. The van der Waals surface area contributed by atoms with Crippen molar-refractivity contribution in [2.24, 2.45) is 0 Å². The lowest BCUT2D eigenvalue weighted by Crippen LogP contribution is -2.47. The Bertz CT molecular complexity index is 493. The van der Waals surface area contributed by atoms with Crippen LogP contribution in [-0.4, -0.2) is 48.9 Å². The largest absolute Gasteiger partial charge is 0.398 e. The second-order valence-electron chi connectivity index (χ2n) is 5.68. The van der Waals surface area contributed by atoms with E-state index in [9.17, 15) is 9.18 Å². The highest BCUT2D eigenvalue weighted by atomic mass is 19.1. The Morgan fingerprint density at radius 1 is 1.45 bits per heavy atom. The molecule has 0 radical (unpaired) electrons. The highest BCUT2D eigenvalue weighted by Crippen LogP contribution is 2.21. The van der Waals surface area contributed by atoms with Crippen molar-refractivity contribution >= 4 is 11.6 Å². The molecule has 0 aliphatic carbocycles. The van der Waals surface area contributed by atoms with Crippen molar-refractivity contribution in [2.45, 2.75) is 25.8 Å². The maximum atomic E-state index is 13.7. The number of hydrogen-bond acceptors (Lipinski definition) is 3. The maximum Gasteiger partial charge on any atom is 0.254 e. The molecule has 0 bridgehead atoms. The molecular weight excluding hydrogens is 257 g/mol. The lowest BCUT2D eigenvalue weighted by atomic mass is 10.0. The van der Waals surface area contributed by atoms with E-state index in [-0.39, 0.29) is 5.91 Å². The number of amides is 1. The predicted octanol–water partition coefficient (Wildman–Crippen LogP) is 1.88. The molecular formula is C15H22FN3O. The first-order chi connectivity index (χ1) is 9.40. The number of nitrogens with zero attached hydrogens (tertiary/aromatic N) is 2. The van der Waals surface area contributed by atoms with Gasteiger partial charge in [-0.05, 0) is 46.0 Å². The number of likely N-dealkylation sites (tertiary alicyclic amines) is 1. The summed E-state index contributed by atoms with van der Waals surface area (Å²) in [5.41, 5.74) is 6.81. The molecule has 0 saturated carbocycles. The van der Waals surface area contributed by atoms with Gasteiger partial charge in [0.1, 0.15) is 5.82 Å². The van der Waals surface area contributed by atoms with Crippen molar-refractivity contribution in [3.63, 3.8) is 0 Å². The molecule has 1 amide bonds. The molecule has 20 heavy (non-hydrogen) atoms. The van der Waals surface area contributed by atoms with Crippen molar-refractivity contribution in [2.75, 3.05) is 32.9 Å². The van der Waals surface area contributed by atoms with Crippen molar-refractivity contribution in [1.29, 1.82) is 0 Å². The minimum absolute atomic E-state index is 0.137. The molecule has 1 fully saturated rings. The highest BCUT2D eigenvalue weighted by molar-refractivity contribution is 5.95. The monoisotopic (exact) mass is 279 g/mol. The summed E-state index contributed by atoms with van der Waals surface area (Å²) in [4.78, 5) is 16.4.